The number of fused-ring (bicyclic) bond motifs is 1. The number of aromatic nitrogens is 4. The van der Waals surface area contributed by atoms with Crippen LogP contribution in [0.15, 0.2) is 17.0 Å². The number of hydrogen-bond acceptors (Lipinski definition) is 10. The number of sulfonamides is 1. The average molecular weight is 554 g/mol. The quantitative estimate of drug-likeness (QED) is 0.433. The minimum atomic E-state index is -3.89. The maximum atomic E-state index is 13.5. The van der Waals surface area contributed by atoms with Gasteiger partial charge in [-0.05, 0) is 52.8 Å². The zero-order valence-electron chi connectivity index (χ0n) is 21.0. The third kappa shape index (κ3) is 5.43. The zero-order chi connectivity index (χ0) is 26.5. The van der Waals surface area contributed by atoms with Gasteiger partial charge in [0.05, 0.1) is 34.9 Å². The van der Waals surface area contributed by atoms with Crippen molar-refractivity contribution in [3.63, 3.8) is 0 Å². The first-order valence-electron chi connectivity index (χ1n) is 12.0. The van der Waals surface area contributed by atoms with Crippen molar-refractivity contribution in [3.8, 4) is 10.7 Å². The molecule has 3 heterocycles. The van der Waals surface area contributed by atoms with Crippen molar-refractivity contribution in [1.82, 2.24) is 30.2 Å². The third-order valence-corrected chi connectivity index (χ3v) is 8.97. The maximum Gasteiger partial charge on any atom is 0.291 e. The van der Waals surface area contributed by atoms with Crippen molar-refractivity contribution in [3.05, 3.63) is 23.0 Å². The standard InChI is InChI=1S/C23H29F2N7O3S2/c1-12-10-32(11-13(2)35-12)16-8-14(37(33,34)31-23(3)5-6-23)7-15-18(16)27-17(9-26-4)28-19(15)21-29-30-22(36-21)20(24)25/h7-8,12-13,20,26,31H,5-6,9-11H2,1-4H3/t12-,13-/m0/s1. The topological polar surface area (TPSA) is 122 Å². The Kier molecular flexibility index (Phi) is 6.90. The molecule has 0 radical (unpaired) electrons. The van der Waals surface area contributed by atoms with Gasteiger partial charge < -0.3 is 15.0 Å². The molecule has 0 bridgehead atoms. The zero-order valence-corrected chi connectivity index (χ0v) is 22.6. The molecule has 2 aliphatic rings. The van der Waals surface area contributed by atoms with E-state index in [-0.39, 0.29) is 27.8 Å². The smallest absolute Gasteiger partial charge is 0.291 e. The third-order valence-electron chi connectivity index (χ3n) is 6.42. The summed E-state index contributed by atoms with van der Waals surface area (Å²) in [5.74, 6) is 0.425. The van der Waals surface area contributed by atoms with Crippen LogP contribution in [0.4, 0.5) is 14.5 Å². The number of halogens is 2. The van der Waals surface area contributed by atoms with Gasteiger partial charge in [0.1, 0.15) is 11.5 Å². The highest BCUT2D eigenvalue weighted by molar-refractivity contribution is 7.89. The molecule has 1 saturated heterocycles. The van der Waals surface area contributed by atoms with Gasteiger partial charge in [-0.3, -0.25) is 0 Å². The Hall–Kier alpha value is -2.39. The fourth-order valence-electron chi connectivity index (χ4n) is 4.50. The molecule has 14 heteroatoms. The van der Waals surface area contributed by atoms with Crippen molar-refractivity contribution in [2.24, 2.45) is 0 Å². The van der Waals surface area contributed by atoms with Crippen LogP contribution in [0.2, 0.25) is 0 Å². The summed E-state index contributed by atoms with van der Waals surface area (Å²) in [6.07, 6.45) is -1.43. The van der Waals surface area contributed by atoms with Gasteiger partial charge in [0, 0.05) is 24.0 Å². The molecule has 2 N–H and O–H groups in total. The van der Waals surface area contributed by atoms with Crippen LogP contribution >= 0.6 is 11.3 Å². The number of morpholine rings is 1. The van der Waals surface area contributed by atoms with E-state index in [2.05, 4.69) is 30.1 Å². The van der Waals surface area contributed by atoms with Gasteiger partial charge in [0.2, 0.25) is 10.0 Å². The second-order valence-electron chi connectivity index (χ2n) is 9.93. The van der Waals surface area contributed by atoms with Gasteiger partial charge in [-0.15, -0.1) is 10.2 Å². The molecule has 0 unspecified atom stereocenters. The summed E-state index contributed by atoms with van der Waals surface area (Å²) in [6.45, 7) is 7.16. The highest BCUT2D eigenvalue weighted by Gasteiger charge is 2.41. The van der Waals surface area contributed by atoms with Crippen LogP contribution in [0.5, 0.6) is 0 Å². The molecule has 1 saturated carbocycles. The lowest BCUT2D eigenvalue weighted by Crippen LogP contribution is -2.45. The predicted octanol–water partition coefficient (Wildman–Crippen LogP) is 3.25. The predicted molar refractivity (Wildman–Crippen MR) is 136 cm³/mol. The molecule has 200 valence electrons. The second kappa shape index (κ2) is 9.73. The van der Waals surface area contributed by atoms with Crippen LogP contribution in [0.1, 0.15) is 50.9 Å². The first-order valence-corrected chi connectivity index (χ1v) is 14.3. The highest BCUT2D eigenvalue weighted by atomic mass is 32.2. The Morgan fingerprint density at radius 2 is 1.89 bits per heavy atom. The molecule has 2 fully saturated rings. The molecule has 37 heavy (non-hydrogen) atoms. The molecule has 5 rings (SSSR count). The van der Waals surface area contributed by atoms with Crippen LogP contribution in [0.25, 0.3) is 21.6 Å². The summed E-state index contributed by atoms with van der Waals surface area (Å²) in [5, 5.41) is 10.7. The summed E-state index contributed by atoms with van der Waals surface area (Å²) < 4.78 is 62.3. The van der Waals surface area contributed by atoms with Crippen molar-refractivity contribution in [2.75, 3.05) is 25.0 Å². The summed E-state index contributed by atoms with van der Waals surface area (Å²) in [4.78, 5) is 11.5. The first kappa shape index (κ1) is 26.2. The molecule has 2 aromatic heterocycles. The number of alkyl halides is 2. The van der Waals surface area contributed by atoms with E-state index in [1.807, 2.05) is 20.8 Å². The van der Waals surface area contributed by atoms with E-state index in [4.69, 9.17) is 9.72 Å². The van der Waals surface area contributed by atoms with Crippen LogP contribution in [-0.4, -0.2) is 66.5 Å². The van der Waals surface area contributed by atoms with Crippen molar-refractivity contribution >= 4 is 38.0 Å². The van der Waals surface area contributed by atoms with Crippen LogP contribution in [-0.2, 0) is 21.3 Å². The molecule has 10 nitrogen and oxygen atoms in total. The van der Waals surface area contributed by atoms with Gasteiger partial charge in [-0.25, -0.2) is 31.9 Å². The largest absolute Gasteiger partial charge is 0.372 e. The van der Waals surface area contributed by atoms with Crippen molar-refractivity contribution in [2.45, 2.75) is 69.2 Å². The summed E-state index contributed by atoms with van der Waals surface area (Å²) in [6, 6.07) is 3.13. The molecule has 1 aliphatic carbocycles. The Morgan fingerprint density at radius 3 is 2.49 bits per heavy atom. The number of rotatable bonds is 8. The van der Waals surface area contributed by atoms with E-state index in [0.29, 0.717) is 42.0 Å². The summed E-state index contributed by atoms with van der Waals surface area (Å²) in [5.41, 5.74) is 0.921. The fraction of sp³-hybridized carbons (Fsp3) is 0.565. The van der Waals surface area contributed by atoms with Crippen LogP contribution in [0.3, 0.4) is 0 Å². The van der Waals surface area contributed by atoms with E-state index in [1.165, 1.54) is 6.07 Å². The Balaban J connectivity index is 1.76. The molecular weight excluding hydrogens is 524 g/mol. The van der Waals surface area contributed by atoms with Crippen molar-refractivity contribution in [1.29, 1.82) is 0 Å². The first-order chi connectivity index (χ1) is 17.5. The summed E-state index contributed by atoms with van der Waals surface area (Å²) in [7, 11) is -2.14. The number of nitrogens with zero attached hydrogens (tertiary/aromatic N) is 5. The molecule has 0 spiro atoms. The average Bonchev–Trinajstić information content (AvgIpc) is 3.32. The Morgan fingerprint density at radius 1 is 1.19 bits per heavy atom. The monoisotopic (exact) mass is 553 g/mol. The van der Waals surface area contributed by atoms with E-state index >= 15 is 0 Å². The van der Waals surface area contributed by atoms with Crippen molar-refractivity contribution < 1.29 is 21.9 Å². The summed E-state index contributed by atoms with van der Waals surface area (Å²) >= 11 is 0.730. The lowest BCUT2D eigenvalue weighted by atomic mass is 10.1. The lowest BCUT2D eigenvalue weighted by Gasteiger charge is -2.37. The van der Waals surface area contributed by atoms with E-state index in [1.54, 1.807) is 13.1 Å². The fourth-order valence-corrected chi connectivity index (χ4v) is 6.71. The number of hydrogen-bond donors (Lipinski definition) is 2. The molecule has 1 aliphatic heterocycles. The van der Waals surface area contributed by atoms with E-state index < -0.39 is 27.0 Å². The normalized spacial score (nSPS) is 21.6. The van der Waals surface area contributed by atoms with Gasteiger partial charge in [0.25, 0.3) is 6.43 Å². The maximum absolute atomic E-state index is 13.5. The Bertz CT molecular complexity index is 1420. The van der Waals surface area contributed by atoms with E-state index in [9.17, 15) is 17.2 Å². The van der Waals surface area contributed by atoms with Gasteiger partial charge >= 0.3 is 0 Å². The van der Waals surface area contributed by atoms with Gasteiger partial charge in [0.15, 0.2) is 10.0 Å². The van der Waals surface area contributed by atoms with Crippen LogP contribution in [0, 0.1) is 0 Å². The van der Waals surface area contributed by atoms with Gasteiger partial charge in [-0.2, -0.15) is 0 Å². The number of ether oxygens (including phenoxy) is 1. The minimum Gasteiger partial charge on any atom is -0.372 e. The highest BCUT2D eigenvalue weighted by Crippen LogP contribution is 2.40. The van der Waals surface area contributed by atoms with E-state index in [0.717, 1.165) is 24.2 Å². The Labute approximate surface area is 217 Å². The molecule has 1 aromatic carbocycles. The van der Waals surface area contributed by atoms with Gasteiger partial charge in [-0.1, -0.05) is 11.3 Å². The second-order valence-corrected chi connectivity index (χ2v) is 12.6. The number of benzene rings is 1. The molecular formula is C23H29F2N7O3S2. The molecule has 2 atom stereocenters. The number of nitrogens with one attached hydrogen (secondary N) is 2. The SMILES string of the molecule is CNCc1nc(-c2nnc(C(F)F)s2)c2cc(S(=O)(=O)NC3(C)CC3)cc(N3C[C@H](C)O[C@@H](C)C3)c2n1. The number of anilines is 1. The molecule has 0 amide bonds. The lowest BCUT2D eigenvalue weighted by molar-refractivity contribution is -0.00515. The molecule has 3 aromatic rings. The van der Waals surface area contributed by atoms with Crippen LogP contribution < -0.4 is 14.9 Å². The minimum absolute atomic E-state index is 0.0553.